The molecule has 0 aromatic heterocycles. The second kappa shape index (κ2) is 4.70. The normalized spacial score (nSPS) is 13.5. The van der Waals surface area contributed by atoms with Gasteiger partial charge in [-0.1, -0.05) is 12.1 Å². The topological polar surface area (TPSA) is 57.5 Å². The average molecular weight is 252 g/mol. The van der Waals surface area contributed by atoms with Gasteiger partial charge in [0.2, 0.25) is 0 Å². The second-order valence-electron chi connectivity index (χ2n) is 3.32. The molecule has 0 aliphatic rings. The van der Waals surface area contributed by atoms with E-state index in [1.54, 1.807) is 0 Å². The molecule has 2 N–H and O–H groups in total. The fraction of sp³-hybridized carbons (Fsp3) is 0.300. The number of hydrogen-bond acceptors (Lipinski definition) is 2. The van der Waals surface area contributed by atoms with Gasteiger partial charge in [0.05, 0.1) is 18.1 Å². The second-order valence-corrected chi connectivity index (χ2v) is 3.32. The Labute approximate surface area is 93.3 Å². The number of carboxylic acids is 1. The maximum atomic E-state index is 13.4. The number of rotatable bonds is 3. The third-order valence-electron chi connectivity index (χ3n) is 2.06. The number of aliphatic carboxylic acids is 1. The van der Waals surface area contributed by atoms with E-state index in [1.165, 1.54) is 0 Å². The van der Waals surface area contributed by atoms with Crippen molar-refractivity contribution in [2.75, 3.05) is 0 Å². The lowest BCUT2D eigenvalue weighted by molar-refractivity contribution is -0.140. The summed E-state index contributed by atoms with van der Waals surface area (Å²) in [7, 11) is 0. The largest absolute Gasteiger partial charge is 0.481 e. The van der Waals surface area contributed by atoms with Crippen LogP contribution in [0.3, 0.4) is 0 Å². The van der Waals surface area contributed by atoms with Gasteiger partial charge in [0, 0.05) is 5.56 Å². The molecule has 0 radical (unpaired) electrons. The van der Waals surface area contributed by atoms with Crippen molar-refractivity contribution in [3.8, 4) is 0 Å². The Balaban J connectivity index is 3.15. The van der Waals surface area contributed by atoms with E-state index in [0.717, 1.165) is 12.1 Å². The zero-order valence-corrected chi connectivity index (χ0v) is 8.33. The van der Waals surface area contributed by atoms with Gasteiger partial charge in [-0.05, 0) is 6.07 Å². The van der Waals surface area contributed by atoms with Crippen molar-refractivity contribution in [2.24, 2.45) is 0 Å². The van der Waals surface area contributed by atoms with Crippen molar-refractivity contribution >= 4 is 5.97 Å². The van der Waals surface area contributed by atoms with Crippen molar-refractivity contribution in [3.63, 3.8) is 0 Å². The Hall–Kier alpha value is -1.63. The van der Waals surface area contributed by atoms with Crippen LogP contribution in [0.2, 0.25) is 0 Å². The number of carboxylic acid groups (broad SMARTS) is 1. The molecule has 94 valence electrons. The van der Waals surface area contributed by atoms with Gasteiger partial charge < -0.3 is 10.2 Å². The van der Waals surface area contributed by atoms with Gasteiger partial charge in [-0.15, -0.1) is 0 Å². The molecule has 1 atom stereocenters. The SMILES string of the molecule is O=C(O)CC(O)c1cccc(C(F)(F)F)c1F. The lowest BCUT2D eigenvalue weighted by Crippen LogP contribution is -2.13. The quantitative estimate of drug-likeness (QED) is 0.812. The summed E-state index contributed by atoms with van der Waals surface area (Å²) in [6.07, 6.45) is -7.56. The number of aliphatic hydroxyl groups is 1. The molecule has 0 aliphatic carbocycles. The summed E-state index contributed by atoms with van der Waals surface area (Å²) in [5, 5.41) is 17.6. The molecule has 17 heavy (non-hydrogen) atoms. The zero-order chi connectivity index (χ0) is 13.2. The van der Waals surface area contributed by atoms with Crippen molar-refractivity contribution in [3.05, 3.63) is 35.1 Å². The smallest absolute Gasteiger partial charge is 0.419 e. The van der Waals surface area contributed by atoms with E-state index in [2.05, 4.69) is 0 Å². The molecule has 0 amide bonds. The Kier molecular flexibility index (Phi) is 3.72. The number of halogens is 4. The van der Waals surface area contributed by atoms with Gasteiger partial charge in [0.1, 0.15) is 5.82 Å². The van der Waals surface area contributed by atoms with E-state index in [4.69, 9.17) is 5.11 Å². The molecule has 1 unspecified atom stereocenters. The van der Waals surface area contributed by atoms with Gasteiger partial charge in [-0.25, -0.2) is 4.39 Å². The maximum Gasteiger partial charge on any atom is 0.419 e. The first-order valence-electron chi connectivity index (χ1n) is 4.49. The minimum absolute atomic E-state index is 0.520. The maximum absolute atomic E-state index is 13.4. The van der Waals surface area contributed by atoms with Crippen molar-refractivity contribution in [2.45, 2.75) is 18.7 Å². The number of aliphatic hydroxyl groups excluding tert-OH is 1. The predicted molar refractivity (Wildman–Crippen MR) is 48.6 cm³/mol. The standard InChI is InChI=1S/C10H8F4O3/c11-9-5(7(15)4-8(16)17)2-1-3-6(9)10(12,13)14/h1-3,7,15H,4H2,(H,16,17). The predicted octanol–water partition coefficient (Wildman–Crippen LogP) is 2.35. The van der Waals surface area contributed by atoms with E-state index in [0.29, 0.717) is 6.07 Å². The van der Waals surface area contributed by atoms with Crippen molar-refractivity contribution in [1.29, 1.82) is 0 Å². The van der Waals surface area contributed by atoms with Crippen LogP contribution in [0, 0.1) is 5.82 Å². The van der Waals surface area contributed by atoms with Crippen LogP contribution in [0.5, 0.6) is 0 Å². The van der Waals surface area contributed by atoms with E-state index in [-0.39, 0.29) is 0 Å². The molecule has 7 heteroatoms. The molecule has 0 spiro atoms. The van der Waals surface area contributed by atoms with Gasteiger partial charge in [0.15, 0.2) is 0 Å². The number of benzene rings is 1. The van der Waals surface area contributed by atoms with Gasteiger partial charge in [0.25, 0.3) is 0 Å². The first-order chi connectivity index (χ1) is 7.73. The Morgan fingerprint density at radius 1 is 1.35 bits per heavy atom. The third-order valence-corrected chi connectivity index (χ3v) is 2.06. The van der Waals surface area contributed by atoms with E-state index in [9.17, 15) is 27.5 Å². The highest BCUT2D eigenvalue weighted by Crippen LogP contribution is 2.34. The van der Waals surface area contributed by atoms with Gasteiger partial charge in [-0.2, -0.15) is 13.2 Å². The zero-order valence-electron chi connectivity index (χ0n) is 8.33. The minimum Gasteiger partial charge on any atom is -0.481 e. The number of hydrogen-bond donors (Lipinski definition) is 2. The van der Waals surface area contributed by atoms with Gasteiger partial charge in [-0.3, -0.25) is 4.79 Å². The molecule has 3 nitrogen and oxygen atoms in total. The lowest BCUT2D eigenvalue weighted by Gasteiger charge is -2.14. The van der Waals surface area contributed by atoms with Crippen LogP contribution in [0.4, 0.5) is 17.6 Å². The van der Waals surface area contributed by atoms with Crippen LogP contribution in [-0.2, 0) is 11.0 Å². The van der Waals surface area contributed by atoms with E-state index in [1.807, 2.05) is 0 Å². The summed E-state index contributed by atoms with van der Waals surface area (Å²) >= 11 is 0. The van der Waals surface area contributed by atoms with Crippen LogP contribution in [0.15, 0.2) is 18.2 Å². The summed E-state index contributed by atoms with van der Waals surface area (Å²) in [6.45, 7) is 0. The molecular formula is C10H8F4O3. The Morgan fingerprint density at radius 2 is 1.94 bits per heavy atom. The van der Waals surface area contributed by atoms with Crippen molar-refractivity contribution in [1.82, 2.24) is 0 Å². The summed E-state index contributed by atoms with van der Waals surface area (Å²) in [6, 6.07) is 2.34. The molecule has 1 rings (SSSR count). The average Bonchev–Trinajstić information content (AvgIpc) is 2.14. The number of alkyl halides is 3. The van der Waals surface area contributed by atoms with Crippen LogP contribution in [-0.4, -0.2) is 16.2 Å². The highest BCUT2D eigenvalue weighted by molar-refractivity contribution is 5.67. The summed E-state index contributed by atoms with van der Waals surface area (Å²) in [4.78, 5) is 10.3. The highest BCUT2D eigenvalue weighted by atomic mass is 19.4. The molecule has 0 saturated carbocycles. The van der Waals surface area contributed by atoms with E-state index < -0.39 is 41.6 Å². The van der Waals surface area contributed by atoms with Crippen LogP contribution in [0.1, 0.15) is 23.7 Å². The van der Waals surface area contributed by atoms with Crippen LogP contribution >= 0.6 is 0 Å². The molecule has 1 aromatic carbocycles. The summed E-state index contributed by atoms with van der Waals surface area (Å²) in [5.74, 6) is -3.08. The van der Waals surface area contributed by atoms with Crippen molar-refractivity contribution < 1.29 is 32.6 Å². The summed E-state index contributed by atoms with van der Waals surface area (Å²) in [5.41, 5.74) is -2.21. The highest BCUT2D eigenvalue weighted by Gasteiger charge is 2.35. The Bertz CT molecular complexity index is 428. The van der Waals surface area contributed by atoms with Crippen LogP contribution in [0.25, 0.3) is 0 Å². The lowest BCUT2D eigenvalue weighted by atomic mass is 10.0. The van der Waals surface area contributed by atoms with Crippen LogP contribution < -0.4 is 0 Å². The third kappa shape index (κ3) is 3.16. The van der Waals surface area contributed by atoms with E-state index >= 15 is 0 Å². The minimum atomic E-state index is -4.89. The summed E-state index contributed by atoms with van der Waals surface area (Å²) < 4.78 is 50.3. The molecule has 0 fully saturated rings. The van der Waals surface area contributed by atoms with Gasteiger partial charge >= 0.3 is 12.1 Å². The Morgan fingerprint density at radius 3 is 2.41 bits per heavy atom. The fourth-order valence-corrected chi connectivity index (χ4v) is 1.30. The molecule has 0 saturated heterocycles. The molecule has 0 aliphatic heterocycles. The number of carbonyl (C=O) groups is 1. The molecular weight excluding hydrogens is 244 g/mol. The fourth-order valence-electron chi connectivity index (χ4n) is 1.30. The monoisotopic (exact) mass is 252 g/mol. The molecule has 0 bridgehead atoms. The first-order valence-corrected chi connectivity index (χ1v) is 4.49. The first kappa shape index (κ1) is 13.4. The molecule has 0 heterocycles. The molecule has 1 aromatic rings.